The molecular formula is C22H22O10. The van der Waals surface area contributed by atoms with Crippen molar-refractivity contribution in [3.8, 4) is 28.6 Å². The molecular weight excluding hydrogens is 424 g/mol. The predicted octanol–water partition coefficient (Wildman–Crippen LogP) is 0.353. The molecule has 5 N–H and O–H groups in total. The van der Waals surface area contributed by atoms with Crippen LogP contribution in [0.1, 0.15) is 0 Å². The molecule has 0 aliphatic carbocycles. The van der Waals surface area contributed by atoms with Crippen LogP contribution in [-0.4, -0.2) is 70.0 Å². The normalized spacial score (nSPS) is 25.6. The van der Waals surface area contributed by atoms with E-state index in [1.807, 2.05) is 0 Å². The van der Waals surface area contributed by atoms with Crippen molar-refractivity contribution in [2.45, 2.75) is 30.7 Å². The summed E-state index contributed by atoms with van der Waals surface area (Å²) in [6.07, 6.45) is -6.96. The Morgan fingerprint density at radius 2 is 1.69 bits per heavy atom. The maximum atomic E-state index is 12.5. The zero-order chi connectivity index (χ0) is 23.0. The number of aromatic hydroxyl groups is 1. The third kappa shape index (κ3) is 4.01. The third-order valence-corrected chi connectivity index (χ3v) is 5.26. The fourth-order valence-electron chi connectivity index (χ4n) is 3.50. The van der Waals surface area contributed by atoms with E-state index in [1.54, 1.807) is 12.1 Å². The Labute approximate surface area is 181 Å². The van der Waals surface area contributed by atoms with Crippen molar-refractivity contribution in [3.05, 3.63) is 52.7 Å². The molecule has 170 valence electrons. The van der Waals surface area contributed by atoms with Crippen LogP contribution in [0.2, 0.25) is 0 Å². The number of phenolic OH excluding ortho intramolecular Hbond substituents is 1. The van der Waals surface area contributed by atoms with E-state index in [1.165, 1.54) is 37.4 Å². The van der Waals surface area contributed by atoms with Gasteiger partial charge in [0.2, 0.25) is 6.29 Å². The van der Waals surface area contributed by atoms with Crippen molar-refractivity contribution in [1.82, 2.24) is 0 Å². The van der Waals surface area contributed by atoms with Gasteiger partial charge in [0.15, 0.2) is 5.43 Å². The maximum absolute atomic E-state index is 12.5. The van der Waals surface area contributed by atoms with Gasteiger partial charge >= 0.3 is 0 Å². The Morgan fingerprint density at radius 1 is 0.969 bits per heavy atom. The van der Waals surface area contributed by atoms with Crippen LogP contribution in [0.3, 0.4) is 0 Å². The molecule has 4 rings (SSSR count). The lowest BCUT2D eigenvalue weighted by molar-refractivity contribution is -0.277. The van der Waals surface area contributed by atoms with Gasteiger partial charge in [-0.2, -0.15) is 0 Å². The van der Waals surface area contributed by atoms with Gasteiger partial charge in [0.1, 0.15) is 58.4 Å². The molecule has 1 aliphatic heterocycles. The molecule has 10 heteroatoms. The number of aliphatic hydroxyl groups excluding tert-OH is 4. The Balaban J connectivity index is 1.59. The van der Waals surface area contributed by atoms with Crippen LogP contribution in [0.25, 0.3) is 22.3 Å². The molecule has 3 aromatic rings. The lowest BCUT2D eigenvalue weighted by Gasteiger charge is -2.39. The van der Waals surface area contributed by atoms with E-state index in [9.17, 15) is 30.3 Å². The molecule has 0 spiro atoms. The number of aliphatic hydroxyl groups is 4. The zero-order valence-corrected chi connectivity index (χ0v) is 16.9. The van der Waals surface area contributed by atoms with E-state index in [2.05, 4.69) is 0 Å². The van der Waals surface area contributed by atoms with Crippen molar-refractivity contribution < 1.29 is 44.2 Å². The number of hydrogen-bond donors (Lipinski definition) is 5. The van der Waals surface area contributed by atoms with E-state index in [0.717, 1.165) is 0 Å². The van der Waals surface area contributed by atoms with Gasteiger partial charge in [0.25, 0.3) is 0 Å². The Morgan fingerprint density at radius 3 is 2.34 bits per heavy atom. The quantitative estimate of drug-likeness (QED) is 0.370. The number of hydrogen-bond acceptors (Lipinski definition) is 10. The summed E-state index contributed by atoms with van der Waals surface area (Å²) in [5, 5.41) is 49.2. The van der Waals surface area contributed by atoms with Crippen LogP contribution in [0.5, 0.6) is 17.2 Å². The zero-order valence-electron chi connectivity index (χ0n) is 16.9. The summed E-state index contributed by atoms with van der Waals surface area (Å²) < 4.78 is 21.7. The van der Waals surface area contributed by atoms with E-state index < -0.39 is 42.7 Å². The number of fused-ring (bicyclic) bond motifs is 1. The Hall–Kier alpha value is -3.15. The molecule has 0 bridgehead atoms. The molecule has 2 heterocycles. The number of methoxy groups -OCH3 is 1. The van der Waals surface area contributed by atoms with Crippen molar-refractivity contribution in [3.63, 3.8) is 0 Å². The van der Waals surface area contributed by atoms with E-state index in [4.69, 9.17) is 18.6 Å². The molecule has 32 heavy (non-hydrogen) atoms. The molecule has 0 saturated carbocycles. The van der Waals surface area contributed by atoms with Crippen molar-refractivity contribution >= 4 is 11.0 Å². The van der Waals surface area contributed by atoms with Crippen LogP contribution < -0.4 is 14.9 Å². The van der Waals surface area contributed by atoms with Crippen LogP contribution in [-0.2, 0) is 4.74 Å². The molecule has 5 atom stereocenters. The second-order valence-electron chi connectivity index (χ2n) is 7.33. The summed E-state index contributed by atoms with van der Waals surface area (Å²) in [5.74, 6) is 0.594. The lowest BCUT2D eigenvalue weighted by atomic mass is 9.99. The van der Waals surface area contributed by atoms with Crippen LogP contribution in [0.15, 0.2) is 51.7 Å². The third-order valence-electron chi connectivity index (χ3n) is 5.26. The fraction of sp³-hybridized carbons (Fsp3) is 0.318. The fourth-order valence-corrected chi connectivity index (χ4v) is 3.50. The first-order valence-corrected chi connectivity index (χ1v) is 9.75. The molecule has 1 fully saturated rings. The largest absolute Gasteiger partial charge is 0.507 e. The van der Waals surface area contributed by atoms with Crippen LogP contribution >= 0.6 is 0 Å². The number of rotatable bonds is 5. The van der Waals surface area contributed by atoms with Crippen LogP contribution in [0, 0.1) is 0 Å². The van der Waals surface area contributed by atoms with E-state index in [-0.39, 0.29) is 28.2 Å². The van der Waals surface area contributed by atoms with Gasteiger partial charge < -0.3 is 44.2 Å². The first-order chi connectivity index (χ1) is 15.3. The molecule has 1 aliphatic rings. The Kier molecular flexibility index (Phi) is 6.04. The topological polar surface area (TPSA) is 159 Å². The van der Waals surface area contributed by atoms with Gasteiger partial charge in [0.05, 0.1) is 13.7 Å². The second-order valence-corrected chi connectivity index (χ2v) is 7.33. The first-order valence-electron chi connectivity index (χ1n) is 9.75. The molecule has 0 unspecified atom stereocenters. The lowest BCUT2D eigenvalue weighted by Crippen LogP contribution is -2.60. The van der Waals surface area contributed by atoms with E-state index in [0.29, 0.717) is 11.3 Å². The molecule has 0 amide bonds. The van der Waals surface area contributed by atoms with Gasteiger partial charge in [-0.1, -0.05) is 0 Å². The SMILES string of the molecule is COc1cc(O)c2c(=O)cc(-c3ccc(O[C@@H]4O[C@H](CO)[C@H](O)[C@@H](O)[C@@H]4O)cc3)oc2c1. The highest BCUT2D eigenvalue weighted by Crippen LogP contribution is 2.32. The van der Waals surface area contributed by atoms with E-state index >= 15 is 0 Å². The summed E-state index contributed by atoms with van der Waals surface area (Å²) in [6, 6.07) is 10.3. The summed E-state index contributed by atoms with van der Waals surface area (Å²) >= 11 is 0. The van der Waals surface area contributed by atoms with Gasteiger partial charge in [-0.05, 0) is 24.3 Å². The predicted molar refractivity (Wildman–Crippen MR) is 111 cm³/mol. The van der Waals surface area contributed by atoms with Crippen molar-refractivity contribution in [1.29, 1.82) is 0 Å². The average Bonchev–Trinajstić information content (AvgIpc) is 2.79. The van der Waals surface area contributed by atoms with Crippen molar-refractivity contribution in [2.24, 2.45) is 0 Å². The summed E-state index contributed by atoms with van der Waals surface area (Å²) in [6.45, 7) is -0.564. The number of ether oxygens (including phenoxy) is 3. The minimum Gasteiger partial charge on any atom is -0.507 e. The standard InChI is InChI=1S/C22H22O10/c1-29-12-6-13(24)18-14(25)8-15(31-16(18)7-12)10-2-4-11(5-3-10)30-22-21(28)20(27)19(26)17(9-23)32-22/h2-8,17,19-24,26-28H,9H2,1H3/t17-,19+,20-,21+,22-/m1/s1. The number of benzene rings is 2. The molecule has 1 saturated heterocycles. The summed E-state index contributed by atoms with van der Waals surface area (Å²) in [5.41, 5.74) is 0.265. The highest BCUT2D eigenvalue weighted by molar-refractivity contribution is 5.86. The van der Waals surface area contributed by atoms with Gasteiger partial charge in [-0.15, -0.1) is 0 Å². The maximum Gasteiger partial charge on any atom is 0.229 e. The second kappa shape index (κ2) is 8.77. The van der Waals surface area contributed by atoms with Gasteiger partial charge in [-0.3, -0.25) is 4.79 Å². The molecule has 10 nitrogen and oxygen atoms in total. The molecule has 1 aromatic heterocycles. The van der Waals surface area contributed by atoms with Gasteiger partial charge in [0, 0.05) is 23.8 Å². The summed E-state index contributed by atoms with van der Waals surface area (Å²) in [4.78, 5) is 12.5. The van der Waals surface area contributed by atoms with Crippen molar-refractivity contribution in [2.75, 3.05) is 13.7 Å². The minimum atomic E-state index is -1.55. The Bertz CT molecular complexity index is 1150. The monoisotopic (exact) mass is 446 g/mol. The summed E-state index contributed by atoms with van der Waals surface area (Å²) in [7, 11) is 1.43. The number of phenols is 1. The first kappa shape index (κ1) is 22.1. The highest BCUT2D eigenvalue weighted by atomic mass is 16.7. The van der Waals surface area contributed by atoms with Gasteiger partial charge in [-0.25, -0.2) is 0 Å². The molecule has 2 aromatic carbocycles. The smallest absolute Gasteiger partial charge is 0.229 e. The molecule has 0 radical (unpaired) electrons. The minimum absolute atomic E-state index is 0.0390. The van der Waals surface area contributed by atoms with Crippen LogP contribution in [0.4, 0.5) is 0 Å². The average molecular weight is 446 g/mol. The highest BCUT2D eigenvalue weighted by Gasteiger charge is 2.44.